The Kier molecular flexibility index (Phi) is 4.05. The first-order valence-corrected chi connectivity index (χ1v) is 5.99. The zero-order valence-corrected chi connectivity index (χ0v) is 11.0. The van der Waals surface area contributed by atoms with Crippen molar-refractivity contribution in [1.29, 1.82) is 0 Å². The second-order valence-electron chi connectivity index (χ2n) is 4.18. The summed E-state index contributed by atoms with van der Waals surface area (Å²) >= 11 is 0. The molecular weight excluding hydrogens is 258 g/mol. The number of rotatable bonds is 4. The number of nitrogens with one attached hydrogen (secondary N) is 1. The molecule has 3 N–H and O–H groups in total. The molecule has 0 saturated carbocycles. The van der Waals surface area contributed by atoms with Crippen LogP contribution in [0.1, 0.15) is 0 Å². The molecule has 0 unspecified atom stereocenters. The van der Waals surface area contributed by atoms with E-state index in [9.17, 15) is 9.59 Å². The fourth-order valence-corrected chi connectivity index (χ4v) is 1.74. The van der Waals surface area contributed by atoms with Gasteiger partial charge >= 0.3 is 0 Å². The molecule has 0 aliphatic rings. The van der Waals surface area contributed by atoms with Gasteiger partial charge in [0.1, 0.15) is 12.3 Å². The number of aromatic nitrogens is 1. The van der Waals surface area contributed by atoms with Crippen LogP contribution in [0, 0.1) is 0 Å². The van der Waals surface area contributed by atoms with Crippen molar-refractivity contribution >= 4 is 17.3 Å². The fourth-order valence-electron chi connectivity index (χ4n) is 1.74. The number of hydrogen-bond acceptors (Lipinski definition) is 4. The fraction of sp³-hybridized carbons (Fsp3) is 0.143. The second-order valence-corrected chi connectivity index (χ2v) is 4.18. The van der Waals surface area contributed by atoms with Gasteiger partial charge in [0.25, 0.3) is 5.56 Å². The first kappa shape index (κ1) is 13.7. The molecule has 104 valence electrons. The van der Waals surface area contributed by atoms with Crippen molar-refractivity contribution in [3.05, 3.63) is 52.9 Å². The minimum absolute atomic E-state index is 0.0961. The van der Waals surface area contributed by atoms with Crippen LogP contribution in [0.4, 0.5) is 11.4 Å². The van der Waals surface area contributed by atoms with Gasteiger partial charge in [-0.2, -0.15) is 0 Å². The van der Waals surface area contributed by atoms with Crippen molar-refractivity contribution < 1.29 is 9.53 Å². The van der Waals surface area contributed by atoms with E-state index >= 15 is 0 Å². The Morgan fingerprint density at radius 2 is 2.15 bits per heavy atom. The number of carbonyl (C=O) groups excluding carboxylic acids is 1. The Balaban J connectivity index is 2.09. The third kappa shape index (κ3) is 3.17. The number of amides is 1. The number of nitrogen functional groups attached to an aromatic ring is 1. The lowest BCUT2D eigenvalue weighted by Gasteiger charge is -2.08. The second kappa shape index (κ2) is 5.92. The lowest BCUT2D eigenvalue weighted by Crippen LogP contribution is -2.28. The van der Waals surface area contributed by atoms with Crippen LogP contribution < -0.4 is 21.3 Å². The van der Waals surface area contributed by atoms with Crippen LogP contribution in [0.15, 0.2) is 47.4 Å². The smallest absolute Gasteiger partial charge is 0.274 e. The van der Waals surface area contributed by atoms with Crippen molar-refractivity contribution in [2.45, 2.75) is 6.54 Å². The maximum Gasteiger partial charge on any atom is 0.274 e. The molecule has 6 nitrogen and oxygen atoms in total. The van der Waals surface area contributed by atoms with Gasteiger partial charge in [-0.1, -0.05) is 6.07 Å². The highest BCUT2D eigenvalue weighted by Crippen LogP contribution is 2.16. The van der Waals surface area contributed by atoms with Gasteiger partial charge in [-0.15, -0.1) is 0 Å². The molecule has 0 saturated heterocycles. The Morgan fingerprint density at radius 3 is 2.90 bits per heavy atom. The van der Waals surface area contributed by atoms with Crippen molar-refractivity contribution in [1.82, 2.24) is 4.57 Å². The summed E-state index contributed by atoms with van der Waals surface area (Å²) < 4.78 is 6.32. The molecule has 20 heavy (non-hydrogen) atoms. The van der Waals surface area contributed by atoms with E-state index in [1.807, 2.05) is 0 Å². The van der Waals surface area contributed by atoms with E-state index in [0.717, 1.165) is 0 Å². The number of hydrogen-bond donors (Lipinski definition) is 2. The summed E-state index contributed by atoms with van der Waals surface area (Å²) in [6.45, 7) is -0.0961. The highest BCUT2D eigenvalue weighted by molar-refractivity contribution is 5.90. The van der Waals surface area contributed by atoms with E-state index in [2.05, 4.69) is 5.32 Å². The number of benzene rings is 1. The van der Waals surface area contributed by atoms with Gasteiger partial charge in [0.2, 0.25) is 5.91 Å². The molecule has 0 aliphatic heterocycles. The summed E-state index contributed by atoms with van der Waals surface area (Å²) in [6, 6.07) is 10.1. The highest BCUT2D eigenvalue weighted by atomic mass is 16.5. The summed E-state index contributed by atoms with van der Waals surface area (Å²) in [5.74, 6) is 0.329. The number of methoxy groups -OCH3 is 1. The largest absolute Gasteiger partial charge is 0.497 e. The molecule has 0 fully saturated rings. The summed E-state index contributed by atoms with van der Waals surface area (Å²) in [6.07, 6.45) is 1.52. The molecule has 1 heterocycles. The van der Waals surface area contributed by atoms with Gasteiger partial charge in [0.15, 0.2) is 0 Å². The highest BCUT2D eigenvalue weighted by Gasteiger charge is 2.06. The minimum Gasteiger partial charge on any atom is -0.497 e. The van der Waals surface area contributed by atoms with Gasteiger partial charge < -0.3 is 20.4 Å². The predicted octanol–water partition coefficient (Wildman–Crippen LogP) is 1.08. The molecule has 1 aromatic carbocycles. The first-order chi connectivity index (χ1) is 9.60. The number of nitrogens with zero attached hydrogens (tertiary/aromatic N) is 1. The zero-order valence-electron chi connectivity index (χ0n) is 11.0. The van der Waals surface area contributed by atoms with E-state index < -0.39 is 0 Å². The van der Waals surface area contributed by atoms with Gasteiger partial charge in [0, 0.05) is 18.0 Å². The standard InChI is InChI=1S/C14H15N3O3/c1-20-11-5-2-4-10(8-11)16-13(18)9-17-7-3-6-12(15)14(17)19/h2-8H,9,15H2,1H3,(H,16,18). The van der Waals surface area contributed by atoms with E-state index in [0.29, 0.717) is 11.4 Å². The average Bonchev–Trinajstić information content (AvgIpc) is 2.44. The van der Waals surface area contributed by atoms with Crippen LogP contribution in [0.25, 0.3) is 0 Å². The van der Waals surface area contributed by atoms with Gasteiger partial charge in [-0.05, 0) is 24.3 Å². The van der Waals surface area contributed by atoms with Gasteiger partial charge in [0.05, 0.1) is 12.8 Å². The summed E-state index contributed by atoms with van der Waals surface area (Å²) in [5.41, 5.74) is 5.84. The summed E-state index contributed by atoms with van der Waals surface area (Å²) in [7, 11) is 1.55. The van der Waals surface area contributed by atoms with Gasteiger partial charge in [-0.3, -0.25) is 9.59 Å². The molecule has 0 radical (unpaired) electrons. The van der Waals surface area contributed by atoms with Crippen LogP contribution >= 0.6 is 0 Å². The van der Waals surface area contributed by atoms with E-state index in [1.54, 1.807) is 37.4 Å². The normalized spacial score (nSPS) is 10.1. The van der Waals surface area contributed by atoms with Crippen molar-refractivity contribution in [3.63, 3.8) is 0 Å². The Bertz CT molecular complexity index is 679. The number of anilines is 2. The van der Waals surface area contributed by atoms with Crippen LogP contribution in [0.5, 0.6) is 5.75 Å². The topological polar surface area (TPSA) is 86.3 Å². The van der Waals surface area contributed by atoms with Crippen LogP contribution in [-0.4, -0.2) is 17.6 Å². The van der Waals surface area contributed by atoms with E-state index in [-0.39, 0.29) is 23.7 Å². The summed E-state index contributed by atoms with van der Waals surface area (Å²) in [5, 5.41) is 2.69. The van der Waals surface area contributed by atoms with Crippen LogP contribution in [-0.2, 0) is 11.3 Å². The Hall–Kier alpha value is -2.76. The molecule has 0 spiro atoms. The molecular formula is C14H15N3O3. The molecule has 1 aromatic heterocycles. The third-order valence-electron chi connectivity index (χ3n) is 2.72. The van der Waals surface area contributed by atoms with Crippen molar-refractivity contribution in [2.75, 3.05) is 18.2 Å². The number of carbonyl (C=O) groups is 1. The maximum absolute atomic E-state index is 11.9. The third-order valence-corrected chi connectivity index (χ3v) is 2.72. The molecule has 0 aliphatic carbocycles. The zero-order chi connectivity index (χ0) is 14.5. The van der Waals surface area contributed by atoms with E-state index in [4.69, 9.17) is 10.5 Å². The van der Waals surface area contributed by atoms with Gasteiger partial charge in [-0.25, -0.2) is 0 Å². The molecule has 0 bridgehead atoms. The lowest BCUT2D eigenvalue weighted by atomic mass is 10.3. The van der Waals surface area contributed by atoms with Crippen molar-refractivity contribution in [2.24, 2.45) is 0 Å². The van der Waals surface area contributed by atoms with Crippen molar-refractivity contribution in [3.8, 4) is 5.75 Å². The quantitative estimate of drug-likeness (QED) is 0.872. The SMILES string of the molecule is COc1cccc(NC(=O)Cn2cccc(N)c2=O)c1. The molecule has 1 amide bonds. The maximum atomic E-state index is 11.9. The number of nitrogens with two attached hydrogens (primary N) is 1. The molecule has 6 heteroatoms. The average molecular weight is 273 g/mol. The van der Waals surface area contributed by atoms with Crippen LogP contribution in [0.3, 0.4) is 0 Å². The van der Waals surface area contributed by atoms with Crippen LogP contribution in [0.2, 0.25) is 0 Å². The molecule has 2 rings (SSSR count). The Labute approximate surface area is 115 Å². The predicted molar refractivity (Wildman–Crippen MR) is 76.7 cm³/mol. The molecule has 0 atom stereocenters. The van der Waals surface area contributed by atoms with E-state index in [1.165, 1.54) is 16.8 Å². The Morgan fingerprint density at radius 1 is 1.35 bits per heavy atom. The minimum atomic E-state index is -0.381. The summed E-state index contributed by atoms with van der Waals surface area (Å²) in [4.78, 5) is 23.6. The number of ether oxygens (including phenoxy) is 1. The first-order valence-electron chi connectivity index (χ1n) is 5.99. The lowest BCUT2D eigenvalue weighted by molar-refractivity contribution is -0.116. The monoisotopic (exact) mass is 273 g/mol. The number of pyridine rings is 1. The molecule has 2 aromatic rings.